The molecule has 88 valence electrons. The van der Waals surface area contributed by atoms with Gasteiger partial charge in [0.1, 0.15) is 0 Å². The van der Waals surface area contributed by atoms with E-state index in [1.54, 1.807) is 0 Å². The van der Waals surface area contributed by atoms with Crippen LogP contribution in [-0.4, -0.2) is 4.98 Å². The second kappa shape index (κ2) is 5.48. The molecule has 0 saturated heterocycles. The van der Waals surface area contributed by atoms with Crippen molar-refractivity contribution in [1.82, 2.24) is 4.98 Å². The van der Waals surface area contributed by atoms with Gasteiger partial charge in [0.25, 0.3) is 0 Å². The number of benzene rings is 1. The molecule has 2 nitrogen and oxygen atoms in total. The Bertz CT molecular complexity index is 446. The molecule has 0 aliphatic heterocycles. The van der Waals surface area contributed by atoms with Gasteiger partial charge in [-0.2, -0.15) is 0 Å². The second-order valence-electron chi connectivity index (χ2n) is 4.47. The van der Waals surface area contributed by atoms with Crippen LogP contribution in [0, 0.1) is 0 Å². The summed E-state index contributed by atoms with van der Waals surface area (Å²) in [7, 11) is 0. The molecule has 2 rings (SSSR count). The third-order valence-corrected chi connectivity index (χ3v) is 2.72. The van der Waals surface area contributed by atoms with Crippen molar-refractivity contribution in [3.63, 3.8) is 0 Å². The van der Waals surface area contributed by atoms with Crippen molar-refractivity contribution >= 4 is 5.69 Å². The standard InChI is InChI=1S/C15H18N2/c1-12(2)15-9-8-14(11-17-15)16-10-13-6-4-3-5-7-13/h3-9,11-12,16H,10H2,1-2H3. The first-order valence-electron chi connectivity index (χ1n) is 5.99. The molecule has 1 N–H and O–H groups in total. The minimum absolute atomic E-state index is 0.484. The van der Waals surface area contributed by atoms with Gasteiger partial charge in [-0.1, -0.05) is 44.2 Å². The lowest BCUT2D eigenvalue weighted by Gasteiger charge is -2.08. The summed E-state index contributed by atoms with van der Waals surface area (Å²) >= 11 is 0. The maximum absolute atomic E-state index is 4.43. The molecule has 0 bridgehead atoms. The molecular formula is C15H18N2. The zero-order chi connectivity index (χ0) is 12.1. The fraction of sp³-hybridized carbons (Fsp3) is 0.267. The fourth-order valence-electron chi connectivity index (χ4n) is 1.65. The van der Waals surface area contributed by atoms with Gasteiger partial charge in [0, 0.05) is 12.2 Å². The Morgan fingerprint density at radius 3 is 2.41 bits per heavy atom. The van der Waals surface area contributed by atoms with Crippen molar-refractivity contribution in [2.45, 2.75) is 26.3 Å². The van der Waals surface area contributed by atoms with Crippen LogP contribution in [0.25, 0.3) is 0 Å². The summed E-state index contributed by atoms with van der Waals surface area (Å²) in [5.74, 6) is 0.484. The first-order chi connectivity index (χ1) is 8.25. The number of aromatic nitrogens is 1. The minimum Gasteiger partial charge on any atom is -0.380 e. The van der Waals surface area contributed by atoms with Crippen LogP contribution in [0.4, 0.5) is 5.69 Å². The first-order valence-corrected chi connectivity index (χ1v) is 5.99. The number of rotatable bonds is 4. The molecule has 1 aromatic heterocycles. The van der Waals surface area contributed by atoms with Crippen LogP contribution in [0.1, 0.15) is 31.0 Å². The van der Waals surface area contributed by atoms with E-state index in [0.717, 1.165) is 17.9 Å². The van der Waals surface area contributed by atoms with E-state index in [4.69, 9.17) is 0 Å². The molecule has 0 aliphatic carbocycles. The predicted molar refractivity (Wildman–Crippen MR) is 72.1 cm³/mol. The van der Waals surface area contributed by atoms with Gasteiger partial charge in [-0.05, 0) is 23.6 Å². The quantitative estimate of drug-likeness (QED) is 0.857. The molecule has 0 saturated carbocycles. The number of hydrogen-bond acceptors (Lipinski definition) is 2. The molecule has 2 heteroatoms. The first kappa shape index (κ1) is 11.6. The number of hydrogen-bond donors (Lipinski definition) is 1. The molecule has 1 heterocycles. The minimum atomic E-state index is 0.484. The Morgan fingerprint density at radius 1 is 1.06 bits per heavy atom. The molecule has 0 radical (unpaired) electrons. The van der Waals surface area contributed by atoms with E-state index in [2.05, 4.69) is 60.5 Å². The van der Waals surface area contributed by atoms with Crippen LogP contribution in [-0.2, 0) is 6.54 Å². The van der Waals surface area contributed by atoms with Crippen LogP contribution in [0.2, 0.25) is 0 Å². The van der Waals surface area contributed by atoms with Crippen molar-refractivity contribution in [2.24, 2.45) is 0 Å². The summed E-state index contributed by atoms with van der Waals surface area (Å²) in [6.07, 6.45) is 1.90. The van der Waals surface area contributed by atoms with E-state index in [9.17, 15) is 0 Å². The Morgan fingerprint density at radius 2 is 1.82 bits per heavy atom. The Kier molecular flexibility index (Phi) is 3.76. The number of nitrogens with one attached hydrogen (secondary N) is 1. The molecule has 2 aromatic rings. The van der Waals surface area contributed by atoms with Crippen molar-refractivity contribution in [2.75, 3.05) is 5.32 Å². The van der Waals surface area contributed by atoms with Gasteiger partial charge in [0.15, 0.2) is 0 Å². The van der Waals surface area contributed by atoms with Gasteiger partial charge in [-0.3, -0.25) is 4.98 Å². The smallest absolute Gasteiger partial charge is 0.0529 e. The van der Waals surface area contributed by atoms with Crippen LogP contribution < -0.4 is 5.32 Å². The molecule has 0 amide bonds. The average Bonchev–Trinajstić information content (AvgIpc) is 2.38. The van der Waals surface area contributed by atoms with Gasteiger partial charge < -0.3 is 5.32 Å². The summed E-state index contributed by atoms with van der Waals surface area (Å²) < 4.78 is 0. The van der Waals surface area contributed by atoms with Gasteiger partial charge in [-0.25, -0.2) is 0 Å². The van der Waals surface area contributed by atoms with Crippen LogP contribution in [0.3, 0.4) is 0 Å². The van der Waals surface area contributed by atoms with Crippen molar-refractivity contribution < 1.29 is 0 Å². The van der Waals surface area contributed by atoms with E-state index in [1.807, 2.05) is 12.3 Å². The van der Waals surface area contributed by atoms with Crippen molar-refractivity contribution in [1.29, 1.82) is 0 Å². The van der Waals surface area contributed by atoms with Gasteiger partial charge in [0.2, 0.25) is 0 Å². The average molecular weight is 226 g/mol. The summed E-state index contributed by atoms with van der Waals surface area (Å²) in [5.41, 5.74) is 3.48. The number of pyridine rings is 1. The van der Waals surface area contributed by atoms with Gasteiger partial charge >= 0.3 is 0 Å². The SMILES string of the molecule is CC(C)c1ccc(NCc2ccccc2)cn1. The third kappa shape index (κ3) is 3.31. The highest BCUT2D eigenvalue weighted by Gasteiger charge is 2.00. The zero-order valence-electron chi connectivity index (χ0n) is 10.4. The Balaban J connectivity index is 1.96. The molecule has 0 atom stereocenters. The molecular weight excluding hydrogens is 208 g/mol. The largest absolute Gasteiger partial charge is 0.380 e. The lowest BCUT2D eigenvalue weighted by molar-refractivity contribution is 0.823. The normalized spacial score (nSPS) is 10.5. The van der Waals surface area contributed by atoms with Crippen LogP contribution in [0.15, 0.2) is 48.7 Å². The van der Waals surface area contributed by atoms with E-state index >= 15 is 0 Å². The van der Waals surface area contributed by atoms with E-state index in [-0.39, 0.29) is 0 Å². The maximum Gasteiger partial charge on any atom is 0.0529 e. The van der Waals surface area contributed by atoms with E-state index < -0.39 is 0 Å². The molecule has 0 aliphatic rings. The number of nitrogens with zero attached hydrogens (tertiary/aromatic N) is 1. The van der Waals surface area contributed by atoms with Gasteiger partial charge in [0.05, 0.1) is 11.9 Å². The zero-order valence-corrected chi connectivity index (χ0v) is 10.4. The fourth-order valence-corrected chi connectivity index (χ4v) is 1.65. The lowest BCUT2D eigenvalue weighted by atomic mass is 10.1. The Hall–Kier alpha value is -1.83. The lowest BCUT2D eigenvalue weighted by Crippen LogP contribution is -2.00. The Labute approximate surface area is 103 Å². The summed E-state index contributed by atoms with van der Waals surface area (Å²) in [6, 6.07) is 14.5. The predicted octanol–water partition coefficient (Wildman–Crippen LogP) is 3.82. The highest BCUT2D eigenvalue weighted by atomic mass is 14.9. The molecule has 0 unspecified atom stereocenters. The van der Waals surface area contributed by atoms with Crippen molar-refractivity contribution in [3.8, 4) is 0 Å². The van der Waals surface area contributed by atoms with E-state index in [1.165, 1.54) is 5.56 Å². The summed E-state index contributed by atoms with van der Waals surface area (Å²) in [6.45, 7) is 5.14. The molecule has 0 fully saturated rings. The van der Waals surface area contributed by atoms with Crippen LogP contribution >= 0.6 is 0 Å². The van der Waals surface area contributed by atoms with Crippen LogP contribution in [0.5, 0.6) is 0 Å². The van der Waals surface area contributed by atoms with Crippen molar-refractivity contribution in [3.05, 3.63) is 59.9 Å². The topological polar surface area (TPSA) is 24.9 Å². The highest BCUT2D eigenvalue weighted by Crippen LogP contribution is 2.14. The molecule has 17 heavy (non-hydrogen) atoms. The highest BCUT2D eigenvalue weighted by molar-refractivity contribution is 5.42. The summed E-state index contributed by atoms with van der Waals surface area (Å²) in [4.78, 5) is 4.43. The second-order valence-corrected chi connectivity index (χ2v) is 4.47. The van der Waals surface area contributed by atoms with E-state index in [0.29, 0.717) is 5.92 Å². The molecule has 1 aromatic carbocycles. The monoisotopic (exact) mass is 226 g/mol. The van der Waals surface area contributed by atoms with Gasteiger partial charge in [-0.15, -0.1) is 0 Å². The number of anilines is 1. The summed E-state index contributed by atoms with van der Waals surface area (Å²) in [5, 5.41) is 3.36. The third-order valence-electron chi connectivity index (χ3n) is 2.72. The molecule has 0 spiro atoms. The maximum atomic E-state index is 4.43.